The lowest BCUT2D eigenvalue weighted by molar-refractivity contribution is 0.234. The smallest absolute Gasteiger partial charge is 0.142 e. The molecule has 4 heterocycles. The lowest BCUT2D eigenvalue weighted by atomic mass is 9.95. The fourth-order valence-corrected chi connectivity index (χ4v) is 7.74. The second-order valence-corrected chi connectivity index (χ2v) is 12.7. The number of halogens is 1. The Morgan fingerprint density at radius 2 is 1.84 bits per heavy atom. The molecule has 1 saturated heterocycles. The quantitative estimate of drug-likeness (QED) is 0.151. The maximum absolute atomic E-state index is 13.6. The summed E-state index contributed by atoms with van der Waals surface area (Å²) in [6, 6.07) is 12.4. The van der Waals surface area contributed by atoms with E-state index in [-0.39, 0.29) is 5.82 Å². The molecule has 7 rings (SSSR count). The predicted molar refractivity (Wildman–Crippen MR) is 177 cm³/mol. The molecule has 2 aliphatic rings. The molecule has 5 aromatic rings. The van der Waals surface area contributed by atoms with Gasteiger partial charge in [0.1, 0.15) is 22.8 Å². The molecule has 0 saturated carbocycles. The number of rotatable bonds is 9. The molecule has 10 heteroatoms. The van der Waals surface area contributed by atoms with Crippen molar-refractivity contribution in [3.8, 4) is 10.4 Å². The molecule has 3 N–H and O–H groups in total. The van der Waals surface area contributed by atoms with Gasteiger partial charge in [-0.25, -0.2) is 14.4 Å². The van der Waals surface area contributed by atoms with Gasteiger partial charge >= 0.3 is 0 Å². The predicted octanol–water partition coefficient (Wildman–Crippen LogP) is 7.41. The Balaban J connectivity index is 1.10. The summed E-state index contributed by atoms with van der Waals surface area (Å²) in [6.07, 6.45) is 13.6. The highest BCUT2D eigenvalue weighted by molar-refractivity contribution is 7.22. The highest BCUT2D eigenvalue weighted by Crippen LogP contribution is 2.45. The van der Waals surface area contributed by atoms with Crippen LogP contribution in [0.15, 0.2) is 55.0 Å². The number of benzene rings is 2. The van der Waals surface area contributed by atoms with Gasteiger partial charge in [-0.2, -0.15) is 5.10 Å². The zero-order chi connectivity index (χ0) is 29.9. The summed E-state index contributed by atoms with van der Waals surface area (Å²) in [7, 11) is 0. The van der Waals surface area contributed by atoms with Crippen LogP contribution in [-0.4, -0.2) is 50.5 Å². The minimum atomic E-state index is -0.258. The largest absolute Gasteiger partial charge is 0.380 e. The highest BCUT2D eigenvalue weighted by atomic mass is 32.1. The summed E-state index contributed by atoms with van der Waals surface area (Å²) in [4.78, 5) is 14.1. The molecule has 44 heavy (non-hydrogen) atoms. The molecular weight excluding hydrogens is 571 g/mol. The Labute approximate surface area is 260 Å². The summed E-state index contributed by atoms with van der Waals surface area (Å²) in [5, 5.41) is 20.8. The zero-order valence-electron chi connectivity index (χ0n) is 24.8. The number of aromatic nitrogens is 4. The number of fused-ring (bicyclic) bond motifs is 5. The van der Waals surface area contributed by atoms with E-state index in [1.54, 1.807) is 23.7 Å². The lowest BCUT2D eigenvalue weighted by Gasteiger charge is -2.25. The normalized spacial score (nSPS) is 15.3. The van der Waals surface area contributed by atoms with Crippen LogP contribution in [0.3, 0.4) is 0 Å². The summed E-state index contributed by atoms with van der Waals surface area (Å²) in [6.45, 7) is 4.87. The van der Waals surface area contributed by atoms with Gasteiger partial charge in [-0.1, -0.05) is 31.4 Å². The van der Waals surface area contributed by atoms with Crippen LogP contribution in [0.5, 0.6) is 0 Å². The van der Waals surface area contributed by atoms with Gasteiger partial charge in [0.25, 0.3) is 0 Å². The first-order valence-electron chi connectivity index (χ1n) is 15.6. The van der Waals surface area contributed by atoms with Crippen molar-refractivity contribution in [2.75, 3.05) is 30.3 Å². The Bertz CT molecular complexity index is 1790. The van der Waals surface area contributed by atoms with E-state index in [2.05, 4.69) is 30.2 Å². The van der Waals surface area contributed by atoms with Crippen molar-refractivity contribution in [1.82, 2.24) is 24.6 Å². The molecular formula is C34H37FN8S. The number of likely N-dealkylation sites (tertiary alicyclic amines) is 1. The molecule has 0 unspecified atom stereocenters. The van der Waals surface area contributed by atoms with Crippen LogP contribution in [-0.2, 0) is 25.9 Å². The topological polar surface area (TPSA) is 94.8 Å². The third kappa shape index (κ3) is 5.96. The van der Waals surface area contributed by atoms with Crippen LogP contribution in [0, 0.1) is 11.2 Å². The molecule has 0 bridgehead atoms. The maximum atomic E-state index is 13.6. The molecule has 3 aromatic heterocycles. The van der Waals surface area contributed by atoms with Crippen LogP contribution in [0.1, 0.15) is 54.5 Å². The Kier molecular flexibility index (Phi) is 8.35. The summed E-state index contributed by atoms with van der Waals surface area (Å²) < 4.78 is 15.8. The number of nitrogens with zero attached hydrogens (tertiary/aromatic N) is 5. The van der Waals surface area contributed by atoms with Crippen LogP contribution in [0.2, 0.25) is 0 Å². The van der Waals surface area contributed by atoms with Gasteiger partial charge in [0.2, 0.25) is 0 Å². The second kappa shape index (κ2) is 12.8. The molecule has 1 fully saturated rings. The number of thiophene rings is 1. The van der Waals surface area contributed by atoms with Gasteiger partial charge in [-0.15, -0.1) is 11.3 Å². The van der Waals surface area contributed by atoms with E-state index >= 15 is 0 Å². The van der Waals surface area contributed by atoms with Crippen molar-refractivity contribution in [2.45, 2.75) is 58.0 Å². The van der Waals surface area contributed by atoms with E-state index in [0.717, 1.165) is 64.5 Å². The monoisotopic (exact) mass is 608 g/mol. The molecule has 1 aliphatic heterocycles. The number of anilines is 3. The highest BCUT2D eigenvalue weighted by Gasteiger charge is 2.27. The molecule has 0 amide bonds. The van der Waals surface area contributed by atoms with E-state index in [1.165, 1.54) is 85.2 Å². The van der Waals surface area contributed by atoms with Gasteiger partial charge in [-0.05, 0) is 80.2 Å². The Hall–Kier alpha value is -4.15. The van der Waals surface area contributed by atoms with Crippen LogP contribution < -0.4 is 10.6 Å². The average Bonchev–Trinajstić information content (AvgIpc) is 3.62. The third-order valence-corrected chi connectivity index (χ3v) is 9.98. The summed E-state index contributed by atoms with van der Waals surface area (Å²) in [5.41, 5.74) is 7.07. The van der Waals surface area contributed by atoms with E-state index in [9.17, 15) is 4.39 Å². The Morgan fingerprint density at radius 1 is 0.977 bits per heavy atom. The molecule has 226 valence electrons. The SMILES string of the molecule is N=Cc1cc(Nc2ncnc3sc4c(c23)CCc2c-4cnn2CCN2CCCCCCC2)ccc1NCc1cccc(F)c1. The number of hydrogen-bond acceptors (Lipinski definition) is 8. The van der Waals surface area contributed by atoms with Gasteiger partial charge in [0.15, 0.2) is 0 Å². The van der Waals surface area contributed by atoms with E-state index < -0.39 is 0 Å². The lowest BCUT2D eigenvalue weighted by Crippen LogP contribution is -2.31. The molecule has 8 nitrogen and oxygen atoms in total. The van der Waals surface area contributed by atoms with Crippen LogP contribution in [0.4, 0.5) is 21.6 Å². The van der Waals surface area contributed by atoms with Crippen LogP contribution in [0.25, 0.3) is 20.7 Å². The standard InChI is InChI=1S/C34H37FN8S/c35-25-8-6-7-23(17-25)20-37-29-11-9-26(18-24(29)19-36)41-33-31-27-10-12-30-28(32(27)44-34(31)39-22-38-33)21-40-43(30)16-15-42-13-4-2-1-3-5-14-42/h6-9,11,17-19,21-22,36-37H,1-5,10,12-16,20H2,(H,38,39,41). The van der Waals surface area contributed by atoms with E-state index in [1.807, 2.05) is 30.5 Å². The van der Waals surface area contributed by atoms with E-state index in [4.69, 9.17) is 10.5 Å². The van der Waals surface area contributed by atoms with Gasteiger partial charge in [-0.3, -0.25) is 4.68 Å². The Morgan fingerprint density at radius 3 is 2.68 bits per heavy atom. The summed E-state index contributed by atoms with van der Waals surface area (Å²) >= 11 is 1.72. The molecule has 1 aliphatic carbocycles. The van der Waals surface area contributed by atoms with Crippen molar-refractivity contribution in [2.24, 2.45) is 0 Å². The van der Waals surface area contributed by atoms with Crippen molar-refractivity contribution in [3.63, 3.8) is 0 Å². The van der Waals surface area contributed by atoms with Crippen molar-refractivity contribution in [1.29, 1.82) is 5.41 Å². The molecule has 0 spiro atoms. The van der Waals surface area contributed by atoms with Gasteiger partial charge in [0.05, 0.1) is 18.1 Å². The number of aryl methyl sites for hydroxylation is 1. The third-order valence-electron chi connectivity index (χ3n) is 8.81. The van der Waals surface area contributed by atoms with Crippen molar-refractivity contribution < 1.29 is 4.39 Å². The first-order chi connectivity index (χ1) is 21.7. The average molecular weight is 609 g/mol. The van der Waals surface area contributed by atoms with Crippen molar-refractivity contribution in [3.05, 3.63) is 83.2 Å². The fourth-order valence-electron chi connectivity index (χ4n) is 6.52. The number of hydrogen-bond donors (Lipinski definition) is 3. The zero-order valence-corrected chi connectivity index (χ0v) is 25.6. The van der Waals surface area contributed by atoms with E-state index in [0.29, 0.717) is 6.54 Å². The minimum Gasteiger partial charge on any atom is -0.380 e. The van der Waals surface area contributed by atoms with Crippen LogP contribution >= 0.6 is 11.3 Å². The number of nitrogens with one attached hydrogen (secondary N) is 3. The fraction of sp³-hybridized carbons (Fsp3) is 0.353. The molecule has 2 aromatic carbocycles. The van der Waals surface area contributed by atoms with Crippen molar-refractivity contribution >= 4 is 45.0 Å². The summed E-state index contributed by atoms with van der Waals surface area (Å²) in [5.74, 6) is 0.517. The first-order valence-corrected chi connectivity index (χ1v) is 16.4. The maximum Gasteiger partial charge on any atom is 0.142 e. The molecule has 0 radical (unpaired) electrons. The van der Waals surface area contributed by atoms with Gasteiger partial charge in [0, 0.05) is 52.4 Å². The second-order valence-electron chi connectivity index (χ2n) is 11.7. The first kappa shape index (κ1) is 28.6. The molecule has 0 atom stereocenters. The minimum absolute atomic E-state index is 0.258. The van der Waals surface area contributed by atoms with Gasteiger partial charge < -0.3 is 20.9 Å².